The fraction of sp³-hybridized carbons (Fsp3) is 0.188. The third-order valence-electron chi connectivity index (χ3n) is 3.26. The third kappa shape index (κ3) is 3.79. The van der Waals surface area contributed by atoms with Gasteiger partial charge in [-0.1, -0.05) is 40.6 Å². The summed E-state index contributed by atoms with van der Waals surface area (Å²) in [6.07, 6.45) is 0. The van der Waals surface area contributed by atoms with Gasteiger partial charge in [-0.3, -0.25) is 9.59 Å². The molecule has 0 aliphatic heterocycles. The lowest BCUT2D eigenvalue weighted by molar-refractivity contribution is -0.143. The van der Waals surface area contributed by atoms with Crippen LogP contribution in [-0.4, -0.2) is 23.1 Å². The number of amides is 1. The molecule has 2 aromatic heterocycles. The van der Waals surface area contributed by atoms with E-state index in [4.69, 9.17) is 27.9 Å². The molecular formula is C16H12Cl2N2O3S2. The monoisotopic (exact) mass is 414 g/mol. The SMILES string of the molecule is CCOC(=O)Cn1c(=NC(=O)c2cccs2)sc2ccc(Cl)c(Cl)c21. The number of halogens is 2. The molecule has 3 rings (SSSR count). The highest BCUT2D eigenvalue weighted by Crippen LogP contribution is 2.32. The van der Waals surface area contributed by atoms with Crippen LogP contribution in [0.4, 0.5) is 0 Å². The van der Waals surface area contributed by atoms with Crippen LogP contribution < -0.4 is 4.80 Å². The molecule has 5 nitrogen and oxygen atoms in total. The Morgan fingerprint density at radius 2 is 2.08 bits per heavy atom. The highest BCUT2D eigenvalue weighted by molar-refractivity contribution is 7.16. The van der Waals surface area contributed by atoms with E-state index >= 15 is 0 Å². The van der Waals surface area contributed by atoms with Crippen LogP contribution in [-0.2, 0) is 16.1 Å². The predicted octanol–water partition coefficient (Wildman–Crippen LogP) is 4.38. The van der Waals surface area contributed by atoms with Gasteiger partial charge in [0.1, 0.15) is 6.54 Å². The van der Waals surface area contributed by atoms with Crippen molar-refractivity contribution in [2.45, 2.75) is 13.5 Å². The zero-order chi connectivity index (χ0) is 18.0. The standard InChI is InChI=1S/C16H12Cl2N2O3S2/c1-2-23-12(21)8-20-14-10(6-5-9(17)13(14)18)25-16(20)19-15(22)11-4-3-7-24-11/h3-7H,2,8H2,1H3. The van der Waals surface area contributed by atoms with E-state index in [1.54, 1.807) is 41.1 Å². The molecule has 0 fully saturated rings. The molecule has 0 saturated carbocycles. The lowest BCUT2D eigenvalue weighted by Gasteiger charge is -2.06. The van der Waals surface area contributed by atoms with Crippen LogP contribution in [0.2, 0.25) is 10.0 Å². The largest absolute Gasteiger partial charge is 0.465 e. The lowest BCUT2D eigenvalue weighted by atomic mass is 10.3. The second kappa shape index (κ2) is 7.70. The van der Waals surface area contributed by atoms with Crippen LogP contribution in [0.15, 0.2) is 34.6 Å². The van der Waals surface area contributed by atoms with E-state index in [-0.39, 0.29) is 19.1 Å². The summed E-state index contributed by atoms with van der Waals surface area (Å²) in [7, 11) is 0. The molecule has 1 amide bonds. The minimum Gasteiger partial charge on any atom is -0.465 e. The van der Waals surface area contributed by atoms with E-state index < -0.39 is 5.97 Å². The first-order valence-corrected chi connectivity index (χ1v) is 9.72. The number of ether oxygens (including phenoxy) is 1. The number of carbonyl (C=O) groups is 2. The van der Waals surface area contributed by atoms with Gasteiger partial charge in [0.2, 0.25) is 0 Å². The number of rotatable bonds is 4. The van der Waals surface area contributed by atoms with Gasteiger partial charge in [-0.2, -0.15) is 4.99 Å². The molecule has 25 heavy (non-hydrogen) atoms. The number of hydrogen-bond acceptors (Lipinski definition) is 5. The van der Waals surface area contributed by atoms with Crippen molar-refractivity contribution in [3.05, 3.63) is 49.4 Å². The Labute approximate surface area is 161 Å². The van der Waals surface area contributed by atoms with Crippen molar-refractivity contribution in [1.29, 1.82) is 0 Å². The van der Waals surface area contributed by atoms with Crippen LogP contribution in [0.1, 0.15) is 16.6 Å². The van der Waals surface area contributed by atoms with Gasteiger partial charge >= 0.3 is 5.97 Å². The molecule has 0 unspecified atom stereocenters. The Balaban J connectivity index is 2.18. The molecule has 3 aromatic rings. The van der Waals surface area contributed by atoms with E-state index in [1.165, 1.54) is 22.7 Å². The maximum absolute atomic E-state index is 12.3. The van der Waals surface area contributed by atoms with E-state index in [0.717, 1.165) is 4.70 Å². The zero-order valence-corrected chi connectivity index (χ0v) is 16.1. The summed E-state index contributed by atoms with van der Waals surface area (Å²) >= 11 is 15.0. The van der Waals surface area contributed by atoms with Crippen LogP contribution in [0.3, 0.4) is 0 Å². The molecule has 0 bridgehead atoms. The first-order valence-electron chi connectivity index (χ1n) is 7.26. The Morgan fingerprint density at radius 1 is 1.28 bits per heavy atom. The summed E-state index contributed by atoms with van der Waals surface area (Å²) < 4.78 is 7.35. The van der Waals surface area contributed by atoms with Gasteiger partial charge in [-0.05, 0) is 30.5 Å². The molecule has 2 heterocycles. The van der Waals surface area contributed by atoms with Crippen molar-refractivity contribution in [3.63, 3.8) is 0 Å². The maximum Gasteiger partial charge on any atom is 0.326 e. The second-order valence-corrected chi connectivity index (χ2v) is 7.62. The molecule has 0 aliphatic carbocycles. The molecule has 1 aromatic carbocycles. The number of thiophene rings is 1. The fourth-order valence-corrected chi connectivity index (χ4v) is 4.33. The molecule has 0 spiro atoms. The van der Waals surface area contributed by atoms with Crippen LogP contribution >= 0.6 is 45.9 Å². The van der Waals surface area contributed by atoms with Crippen LogP contribution in [0.5, 0.6) is 0 Å². The normalized spacial score (nSPS) is 11.9. The van der Waals surface area contributed by atoms with Gasteiger partial charge in [-0.15, -0.1) is 11.3 Å². The molecule has 0 N–H and O–H groups in total. The Morgan fingerprint density at radius 3 is 2.76 bits per heavy atom. The summed E-state index contributed by atoms with van der Waals surface area (Å²) in [5, 5.41) is 2.47. The predicted molar refractivity (Wildman–Crippen MR) is 101 cm³/mol. The number of benzene rings is 1. The topological polar surface area (TPSA) is 60.7 Å². The Kier molecular flexibility index (Phi) is 5.58. The summed E-state index contributed by atoms with van der Waals surface area (Å²) in [6.45, 7) is 1.88. The quantitative estimate of drug-likeness (QED) is 0.595. The van der Waals surface area contributed by atoms with Crippen molar-refractivity contribution in [1.82, 2.24) is 4.57 Å². The number of nitrogens with zero attached hydrogens (tertiary/aromatic N) is 2. The zero-order valence-electron chi connectivity index (χ0n) is 13.0. The summed E-state index contributed by atoms with van der Waals surface area (Å²) in [5.74, 6) is -0.815. The molecule has 0 saturated heterocycles. The number of esters is 1. The van der Waals surface area contributed by atoms with E-state index in [0.29, 0.717) is 25.2 Å². The molecule has 0 aliphatic rings. The third-order valence-corrected chi connectivity index (χ3v) is 5.95. The highest BCUT2D eigenvalue weighted by Gasteiger charge is 2.16. The van der Waals surface area contributed by atoms with Gasteiger partial charge in [0.25, 0.3) is 5.91 Å². The van der Waals surface area contributed by atoms with Crippen molar-refractivity contribution < 1.29 is 14.3 Å². The molecule has 0 radical (unpaired) electrons. The molecule has 130 valence electrons. The van der Waals surface area contributed by atoms with Crippen molar-refractivity contribution in [2.75, 3.05) is 6.61 Å². The number of thiazole rings is 1. The maximum atomic E-state index is 12.3. The number of fused-ring (bicyclic) bond motifs is 1. The van der Waals surface area contributed by atoms with Crippen LogP contribution in [0, 0.1) is 0 Å². The number of carbonyl (C=O) groups excluding carboxylic acids is 2. The van der Waals surface area contributed by atoms with Gasteiger partial charge in [0, 0.05) is 0 Å². The highest BCUT2D eigenvalue weighted by atomic mass is 35.5. The van der Waals surface area contributed by atoms with Gasteiger partial charge in [0.05, 0.1) is 31.7 Å². The average molecular weight is 415 g/mol. The number of aromatic nitrogens is 1. The van der Waals surface area contributed by atoms with Gasteiger partial charge in [-0.25, -0.2) is 0 Å². The van der Waals surface area contributed by atoms with Gasteiger partial charge in [0.15, 0.2) is 4.80 Å². The van der Waals surface area contributed by atoms with E-state index in [2.05, 4.69) is 4.99 Å². The minimum atomic E-state index is -0.441. The molecule has 9 heteroatoms. The summed E-state index contributed by atoms with van der Waals surface area (Å²) in [6, 6.07) is 6.93. The smallest absolute Gasteiger partial charge is 0.326 e. The molecular weight excluding hydrogens is 403 g/mol. The van der Waals surface area contributed by atoms with E-state index in [1.807, 2.05) is 0 Å². The Hall–Kier alpha value is -1.67. The van der Waals surface area contributed by atoms with Gasteiger partial charge < -0.3 is 9.30 Å². The number of hydrogen-bond donors (Lipinski definition) is 0. The summed E-state index contributed by atoms with van der Waals surface area (Å²) in [5.41, 5.74) is 0.560. The second-order valence-electron chi connectivity index (χ2n) is 4.88. The first-order chi connectivity index (χ1) is 12.0. The fourth-order valence-electron chi connectivity index (χ4n) is 2.21. The minimum absolute atomic E-state index is 0.107. The van der Waals surface area contributed by atoms with Crippen molar-refractivity contribution in [2.24, 2.45) is 4.99 Å². The van der Waals surface area contributed by atoms with E-state index in [9.17, 15) is 9.59 Å². The summed E-state index contributed by atoms with van der Waals surface area (Å²) in [4.78, 5) is 29.4. The molecule has 0 atom stereocenters. The van der Waals surface area contributed by atoms with Crippen molar-refractivity contribution >= 4 is 68.0 Å². The van der Waals surface area contributed by atoms with Crippen LogP contribution in [0.25, 0.3) is 10.2 Å². The Bertz CT molecular complexity index is 1010. The average Bonchev–Trinajstić information content (AvgIpc) is 3.21. The first kappa shape index (κ1) is 18.1. The lowest BCUT2D eigenvalue weighted by Crippen LogP contribution is -2.23. The van der Waals surface area contributed by atoms with Crippen molar-refractivity contribution in [3.8, 4) is 0 Å².